The van der Waals surface area contributed by atoms with Crippen molar-refractivity contribution in [2.75, 3.05) is 0 Å². The molecule has 0 atom stereocenters. The van der Waals surface area contributed by atoms with Crippen molar-refractivity contribution in [3.8, 4) is 28.1 Å². The molecule has 0 amide bonds. The van der Waals surface area contributed by atoms with Crippen LogP contribution < -0.4 is 0 Å². The molecular weight excluding hydrogens is 396 g/mol. The standard InChI is InChI=1S/C25H21ClN2O2/c1-2-6-22-23(25(29)30)24(27-28(22)21-15-13-20(26)14-16-21)19-11-9-18(10-12-19)17-7-4-3-5-8-17/h3-5,7-16H,2,6H2,1H3,(H,29,30). The largest absolute Gasteiger partial charge is 0.478 e. The molecule has 1 N–H and O–H groups in total. The van der Waals surface area contributed by atoms with Gasteiger partial charge in [-0.15, -0.1) is 0 Å². The molecule has 0 aliphatic heterocycles. The van der Waals surface area contributed by atoms with Crippen LogP contribution in [0.2, 0.25) is 5.02 Å². The summed E-state index contributed by atoms with van der Waals surface area (Å²) in [5.74, 6) is -0.971. The van der Waals surface area contributed by atoms with Gasteiger partial charge in [0.05, 0.1) is 11.4 Å². The summed E-state index contributed by atoms with van der Waals surface area (Å²) in [4.78, 5) is 12.2. The monoisotopic (exact) mass is 416 g/mol. The third kappa shape index (κ3) is 3.87. The molecule has 150 valence electrons. The van der Waals surface area contributed by atoms with Crippen LogP contribution >= 0.6 is 11.6 Å². The fraction of sp³-hybridized carbons (Fsp3) is 0.120. The lowest BCUT2D eigenvalue weighted by molar-refractivity contribution is 0.0696. The molecule has 3 aromatic carbocycles. The molecular formula is C25H21ClN2O2. The molecule has 0 bridgehead atoms. The fourth-order valence-electron chi connectivity index (χ4n) is 3.59. The second-order valence-corrected chi connectivity index (χ2v) is 7.49. The van der Waals surface area contributed by atoms with Crippen molar-refractivity contribution < 1.29 is 9.90 Å². The molecule has 0 unspecified atom stereocenters. The van der Waals surface area contributed by atoms with Gasteiger partial charge in [-0.2, -0.15) is 5.10 Å². The van der Waals surface area contributed by atoms with E-state index in [4.69, 9.17) is 16.7 Å². The number of rotatable bonds is 6. The second kappa shape index (κ2) is 8.56. The highest BCUT2D eigenvalue weighted by molar-refractivity contribution is 6.30. The van der Waals surface area contributed by atoms with Crippen molar-refractivity contribution in [3.05, 3.63) is 95.1 Å². The average Bonchev–Trinajstić information content (AvgIpc) is 3.15. The molecule has 0 radical (unpaired) electrons. The van der Waals surface area contributed by atoms with Crippen LogP contribution in [0.1, 0.15) is 29.4 Å². The number of halogens is 1. The lowest BCUT2D eigenvalue weighted by Crippen LogP contribution is -2.06. The Morgan fingerprint density at radius 2 is 1.50 bits per heavy atom. The van der Waals surface area contributed by atoms with Crippen LogP contribution in [0.3, 0.4) is 0 Å². The van der Waals surface area contributed by atoms with E-state index >= 15 is 0 Å². The van der Waals surface area contributed by atoms with Crippen LogP contribution in [0.15, 0.2) is 78.9 Å². The zero-order valence-corrected chi connectivity index (χ0v) is 17.3. The van der Waals surface area contributed by atoms with Gasteiger partial charge in [0.2, 0.25) is 0 Å². The summed E-state index contributed by atoms with van der Waals surface area (Å²) in [6, 6.07) is 25.2. The summed E-state index contributed by atoms with van der Waals surface area (Å²) >= 11 is 6.02. The Morgan fingerprint density at radius 3 is 2.10 bits per heavy atom. The van der Waals surface area contributed by atoms with Crippen molar-refractivity contribution in [2.45, 2.75) is 19.8 Å². The fourth-order valence-corrected chi connectivity index (χ4v) is 3.72. The van der Waals surface area contributed by atoms with Gasteiger partial charge in [-0.05, 0) is 41.8 Å². The lowest BCUT2D eigenvalue weighted by atomic mass is 10.00. The van der Waals surface area contributed by atoms with E-state index in [9.17, 15) is 9.90 Å². The number of aromatic carboxylic acids is 1. The van der Waals surface area contributed by atoms with Crippen LogP contribution in [-0.2, 0) is 6.42 Å². The van der Waals surface area contributed by atoms with Gasteiger partial charge in [0, 0.05) is 10.6 Å². The Bertz CT molecular complexity index is 1160. The minimum atomic E-state index is -0.971. The first-order valence-corrected chi connectivity index (χ1v) is 10.2. The minimum Gasteiger partial charge on any atom is -0.478 e. The smallest absolute Gasteiger partial charge is 0.339 e. The number of carbonyl (C=O) groups is 1. The highest BCUT2D eigenvalue weighted by Crippen LogP contribution is 2.31. The summed E-state index contributed by atoms with van der Waals surface area (Å²) in [6.07, 6.45) is 1.42. The average molecular weight is 417 g/mol. The molecule has 0 aliphatic rings. The van der Waals surface area contributed by atoms with Crippen molar-refractivity contribution in [2.24, 2.45) is 0 Å². The van der Waals surface area contributed by atoms with Crippen LogP contribution in [0.25, 0.3) is 28.1 Å². The molecule has 0 saturated heterocycles. The van der Waals surface area contributed by atoms with Gasteiger partial charge in [0.15, 0.2) is 0 Å². The summed E-state index contributed by atoms with van der Waals surface area (Å²) in [5, 5.41) is 15.3. The van der Waals surface area contributed by atoms with Crippen molar-refractivity contribution in [1.29, 1.82) is 0 Å². The Balaban J connectivity index is 1.84. The first kappa shape index (κ1) is 19.9. The van der Waals surface area contributed by atoms with Crippen LogP contribution in [0, 0.1) is 0 Å². The van der Waals surface area contributed by atoms with Crippen molar-refractivity contribution in [3.63, 3.8) is 0 Å². The van der Waals surface area contributed by atoms with Crippen LogP contribution in [0.4, 0.5) is 0 Å². The van der Waals surface area contributed by atoms with E-state index < -0.39 is 5.97 Å². The predicted molar refractivity (Wildman–Crippen MR) is 120 cm³/mol. The Labute approximate surface area is 180 Å². The molecule has 30 heavy (non-hydrogen) atoms. The Kier molecular flexibility index (Phi) is 5.68. The first-order chi connectivity index (χ1) is 14.6. The van der Waals surface area contributed by atoms with E-state index in [0.29, 0.717) is 22.8 Å². The number of nitrogens with zero attached hydrogens (tertiary/aromatic N) is 2. The SMILES string of the molecule is CCCc1c(C(=O)O)c(-c2ccc(-c3ccccc3)cc2)nn1-c1ccc(Cl)cc1. The van der Waals surface area contributed by atoms with Crippen molar-refractivity contribution in [1.82, 2.24) is 9.78 Å². The van der Waals surface area contributed by atoms with Gasteiger partial charge in [0.25, 0.3) is 0 Å². The van der Waals surface area contributed by atoms with Gasteiger partial charge in [-0.1, -0.05) is 79.5 Å². The maximum atomic E-state index is 12.2. The summed E-state index contributed by atoms with van der Waals surface area (Å²) in [7, 11) is 0. The number of hydrogen-bond donors (Lipinski definition) is 1. The van der Waals surface area contributed by atoms with Crippen LogP contribution in [0.5, 0.6) is 0 Å². The first-order valence-electron chi connectivity index (χ1n) is 9.85. The van der Waals surface area contributed by atoms with Gasteiger partial charge < -0.3 is 5.11 Å². The number of benzene rings is 3. The van der Waals surface area contributed by atoms with Crippen LogP contribution in [-0.4, -0.2) is 20.9 Å². The maximum absolute atomic E-state index is 12.2. The zero-order valence-electron chi connectivity index (χ0n) is 16.5. The maximum Gasteiger partial charge on any atom is 0.339 e. The molecule has 1 aromatic heterocycles. The Hall–Kier alpha value is -3.37. The Morgan fingerprint density at radius 1 is 0.900 bits per heavy atom. The van der Waals surface area contributed by atoms with Gasteiger partial charge in [0.1, 0.15) is 11.3 Å². The van der Waals surface area contributed by atoms with E-state index in [2.05, 4.69) is 0 Å². The zero-order chi connectivity index (χ0) is 21.1. The molecule has 0 fully saturated rings. The van der Waals surface area contributed by atoms with E-state index in [0.717, 1.165) is 28.8 Å². The normalized spacial score (nSPS) is 10.9. The predicted octanol–water partition coefficient (Wildman–Crippen LogP) is 6.51. The molecule has 0 spiro atoms. The summed E-state index contributed by atoms with van der Waals surface area (Å²) < 4.78 is 1.73. The number of carboxylic acids is 1. The molecule has 0 saturated carbocycles. The van der Waals surface area contributed by atoms with E-state index in [1.807, 2.05) is 73.7 Å². The van der Waals surface area contributed by atoms with E-state index in [1.54, 1.807) is 16.8 Å². The van der Waals surface area contributed by atoms with Gasteiger partial charge in [-0.25, -0.2) is 9.48 Å². The highest BCUT2D eigenvalue weighted by atomic mass is 35.5. The molecule has 4 aromatic rings. The topological polar surface area (TPSA) is 55.1 Å². The molecule has 5 heteroatoms. The van der Waals surface area contributed by atoms with E-state index in [-0.39, 0.29) is 5.56 Å². The minimum absolute atomic E-state index is 0.249. The van der Waals surface area contributed by atoms with E-state index in [1.165, 1.54) is 0 Å². The van der Waals surface area contributed by atoms with Crippen molar-refractivity contribution >= 4 is 17.6 Å². The quantitative estimate of drug-likeness (QED) is 0.389. The van der Waals surface area contributed by atoms with Gasteiger partial charge in [-0.3, -0.25) is 0 Å². The highest BCUT2D eigenvalue weighted by Gasteiger charge is 2.24. The number of carboxylic acid groups (broad SMARTS) is 1. The lowest BCUT2D eigenvalue weighted by Gasteiger charge is -2.07. The molecule has 0 aliphatic carbocycles. The van der Waals surface area contributed by atoms with Gasteiger partial charge >= 0.3 is 5.97 Å². The summed E-state index contributed by atoms with van der Waals surface area (Å²) in [6.45, 7) is 2.03. The summed E-state index contributed by atoms with van der Waals surface area (Å²) in [5.41, 5.74) is 5.16. The molecule has 4 nitrogen and oxygen atoms in total. The third-order valence-electron chi connectivity index (χ3n) is 5.02. The molecule has 1 heterocycles. The number of hydrogen-bond acceptors (Lipinski definition) is 2. The third-order valence-corrected chi connectivity index (χ3v) is 5.27. The number of aromatic nitrogens is 2. The second-order valence-electron chi connectivity index (χ2n) is 7.06. The molecule has 4 rings (SSSR count).